The maximum Gasteiger partial charge on any atom is 0.191 e. The lowest BCUT2D eigenvalue weighted by Crippen LogP contribution is -2.37. The Hall–Kier alpha value is -2.95. The third-order valence-electron chi connectivity index (χ3n) is 4.56. The molecule has 5 heteroatoms. The van der Waals surface area contributed by atoms with Gasteiger partial charge in [0.1, 0.15) is 5.75 Å². The smallest absolute Gasteiger partial charge is 0.191 e. The van der Waals surface area contributed by atoms with Crippen molar-refractivity contribution in [3.05, 3.63) is 65.4 Å². The molecule has 0 radical (unpaired) electrons. The van der Waals surface area contributed by atoms with Crippen molar-refractivity contribution in [2.75, 3.05) is 20.7 Å². The number of para-hydroxylation sites is 2. The Morgan fingerprint density at radius 1 is 1.08 bits per heavy atom. The van der Waals surface area contributed by atoms with Crippen molar-refractivity contribution in [2.45, 2.75) is 19.9 Å². The van der Waals surface area contributed by atoms with E-state index in [4.69, 9.17) is 4.74 Å². The number of ether oxygens (including phenoxy) is 1. The highest BCUT2D eigenvalue weighted by atomic mass is 16.5. The molecular formula is C21H26N4O. The summed E-state index contributed by atoms with van der Waals surface area (Å²) in [5.74, 6) is 1.67. The standard InChI is InChI=1S/C21H26N4O/c1-15-17(18-9-5-6-10-19(18)25-15)12-13-23-21(22-2)24-14-16-8-4-7-11-20(16)26-3/h4-11,25H,12-14H2,1-3H3,(H2,22,23,24). The second kappa shape index (κ2) is 8.43. The van der Waals surface area contributed by atoms with Crippen LogP contribution in [0.1, 0.15) is 16.8 Å². The highest BCUT2D eigenvalue weighted by molar-refractivity contribution is 5.84. The number of nitrogens with zero attached hydrogens (tertiary/aromatic N) is 1. The summed E-state index contributed by atoms with van der Waals surface area (Å²) in [6.07, 6.45) is 0.936. The summed E-state index contributed by atoms with van der Waals surface area (Å²) in [6, 6.07) is 16.4. The Labute approximate surface area is 154 Å². The lowest BCUT2D eigenvalue weighted by molar-refractivity contribution is 0.409. The number of hydrogen-bond acceptors (Lipinski definition) is 2. The Balaban J connectivity index is 1.57. The van der Waals surface area contributed by atoms with Gasteiger partial charge in [0.05, 0.1) is 7.11 Å². The molecule has 3 rings (SSSR count). The van der Waals surface area contributed by atoms with Gasteiger partial charge in [-0.25, -0.2) is 0 Å². The molecule has 1 aromatic heterocycles. The average molecular weight is 350 g/mol. The number of benzene rings is 2. The number of fused-ring (bicyclic) bond motifs is 1. The minimum atomic E-state index is 0.662. The molecule has 136 valence electrons. The van der Waals surface area contributed by atoms with Crippen LogP contribution in [0.3, 0.4) is 0 Å². The molecule has 3 N–H and O–H groups in total. The molecule has 0 aliphatic heterocycles. The van der Waals surface area contributed by atoms with Crippen LogP contribution in [0, 0.1) is 6.92 Å². The number of hydrogen-bond donors (Lipinski definition) is 3. The zero-order chi connectivity index (χ0) is 18.4. The molecule has 0 spiro atoms. The predicted octanol–water partition coefficient (Wildman–Crippen LogP) is 3.39. The summed E-state index contributed by atoms with van der Waals surface area (Å²) >= 11 is 0. The summed E-state index contributed by atoms with van der Waals surface area (Å²) in [4.78, 5) is 7.76. The van der Waals surface area contributed by atoms with E-state index in [1.807, 2.05) is 18.2 Å². The van der Waals surface area contributed by atoms with Gasteiger partial charge in [0.15, 0.2) is 5.96 Å². The van der Waals surface area contributed by atoms with Gasteiger partial charge in [0.2, 0.25) is 0 Å². The first-order valence-corrected chi connectivity index (χ1v) is 8.85. The Morgan fingerprint density at radius 2 is 1.85 bits per heavy atom. The van der Waals surface area contributed by atoms with Crippen molar-refractivity contribution in [2.24, 2.45) is 4.99 Å². The lowest BCUT2D eigenvalue weighted by Gasteiger charge is -2.13. The molecule has 0 saturated heterocycles. The number of H-pyrrole nitrogens is 1. The second-order valence-corrected chi connectivity index (χ2v) is 6.19. The van der Waals surface area contributed by atoms with Gasteiger partial charge in [-0.3, -0.25) is 4.99 Å². The normalized spacial score (nSPS) is 11.6. The van der Waals surface area contributed by atoms with Crippen molar-refractivity contribution in [1.29, 1.82) is 0 Å². The average Bonchev–Trinajstić information content (AvgIpc) is 3.00. The van der Waals surface area contributed by atoms with Crippen LogP contribution < -0.4 is 15.4 Å². The molecule has 0 saturated carbocycles. The van der Waals surface area contributed by atoms with Crippen LogP contribution in [-0.2, 0) is 13.0 Å². The molecular weight excluding hydrogens is 324 g/mol. The monoisotopic (exact) mass is 350 g/mol. The van der Waals surface area contributed by atoms with Crippen LogP contribution in [0.15, 0.2) is 53.5 Å². The van der Waals surface area contributed by atoms with E-state index in [0.717, 1.165) is 30.2 Å². The van der Waals surface area contributed by atoms with Crippen molar-refractivity contribution >= 4 is 16.9 Å². The topological polar surface area (TPSA) is 61.4 Å². The first kappa shape index (κ1) is 17.9. The van der Waals surface area contributed by atoms with E-state index < -0.39 is 0 Å². The summed E-state index contributed by atoms with van der Waals surface area (Å²) in [7, 11) is 3.48. The quantitative estimate of drug-likeness (QED) is 0.472. The fourth-order valence-electron chi connectivity index (χ4n) is 3.21. The number of guanidine groups is 1. The molecule has 1 heterocycles. The molecule has 0 atom stereocenters. The number of methoxy groups -OCH3 is 1. The first-order valence-electron chi connectivity index (χ1n) is 8.85. The molecule has 26 heavy (non-hydrogen) atoms. The molecule has 0 bridgehead atoms. The highest BCUT2D eigenvalue weighted by Crippen LogP contribution is 2.22. The van der Waals surface area contributed by atoms with Crippen LogP contribution in [-0.4, -0.2) is 31.6 Å². The van der Waals surface area contributed by atoms with E-state index >= 15 is 0 Å². The second-order valence-electron chi connectivity index (χ2n) is 6.19. The van der Waals surface area contributed by atoms with Crippen molar-refractivity contribution < 1.29 is 4.74 Å². The summed E-state index contributed by atoms with van der Waals surface area (Å²) in [5, 5.41) is 8.03. The van der Waals surface area contributed by atoms with Crippen molar-refractivity contribution in [1.82, 2.24) is 15.6 Å². The van der Waals surface area contributed by atoms with E-state index in [-0.39, 0.29) is 0 Å². The number of aromatic amines is 1. The SMILES string of the molecule is CN=C(NCCc1c(C)[nH]c2ccccc12)NCc1ccccc1OC. The van der Waals surface area contributed by atoms with E-state index in [1.54, 1.807) is 14.2 Å². The van der Waals surface area contributed by atoms with Crippen molar-refractivity contribution in [3.63, 3.8) is 0 Å². The molecule has 0 amide bonds. The van der Waals surface area contributed by atoms with E-state index in [0.29, 0.717) is 6.54 Å². The minimum absolute atomic E-state index is 0.662. The van der Waals surface area contributed by atoms with Gasteiger partial charge in [-0.15, -0.1) is 0 Å². The van der Waals surface area contributed by atoms with Crippen molar-refractivity contribution in [3.8, 4) is 5.75 Å². The van der Waals surface area contributed by atoms with Crippen LogP contribution in [0.5, 0.6) is 5.75 Å². The summed E-state index contributed by atoms with van der Waals surface area (Å²) < 4.78 is 5.39. The maximum atomic E-state index is 5.39. The zero-order valence-electron chi connectivity index (χ0n) is 15.6. The Morgan fingerprint density at radius 3 is 2.65 bits per heavy atom. The van der Waals surface area contributed by atoms with E-state index in [1.165, 1.54) is 22.2 Å². The predicted molar refractivity (Wildman–Crippen MR) is 108 cm³/mol. The Bertz CT molecular complexity index is 898. The van der Waals surface area contributed by atoms with Gasteiger partial charge in [-0.05, 0) is 31.0 Å². The summed E-state index contributed by atoms with van der Waals surface area (Å²) in [5.41, 5.74) is 4.88. The molecule has 0 aliphatic carbocycles. The number of aromatic nitrogens is 1. The molecule has 0 aliphatic rings. The highest BCUT2D eigenvalue weighted by Gasteiger charge is 2.08. The number of aliphatic imine (C=N–C) groups is 1. The molecule has 2 aromatic carbocycles. The number of rotatable bonds is 6. The van der Waals surface area contributed by atoms with Gasteiger partial charge >= 0.3 is 0 Å². The molecule has 3 aromatic rings. The van der Waals surface area contributed by atoms with Crippen LogP contribution in [0.25, 0.3) is 10.9 Å². The van der Waals surface area contributed by atoms with Crippen LogP contribution in [0.4, 0.5) is 0 Å². The maximum absolute atomic E-state index is 5.39. The van der Waals surface area contributed by atoms with Gasteiger partial charge in [-0.1, -0.05) is 36.4 Å². The van der Waals surface area contributed by atoms with Gasteiger partial charge < -0.3 is 20.4 Å². The Kier molecular flexibility index (Phi) is 5.79. The van der Waals surface area contributed by atoms with Gasteiger partial charge in [0.25, 0.3) is 0 Å². The largest absolute Gasteiger partial charge is 0.496 e. The van der Waals surface area contributed by atoms with E-state index in [9.17, 15) is 0 Å². The van der Waals surface area contributed by atoms with Gasteiger partial charge in [-0.2, -0.15) is 0 Å². The number of nitrogens with one attached hydrogen (secondary N) is 3. The third kappa shape index (κ3) is 3.99. The molecule has 5 nitrogen and oxygen atoms in total. The fourth-order valence-corrected chi connectivity index (χ4v) is 3.21. The zero-order valence-corrected chi connectivity index (χ0v) is 15.6. The lowest BCUT2D eigenvalue weighted by atomic mass is 10.1. The fraction of sp³-hybridized carbons (Fsp3) is 0.286. The van der Waals surface area contributed by atoms with Crippen LogP contribution in [0.2, 0.25) is 0 Å². The van der Waals surface area contributed by atoms with Gasteiger partial charge in [0, 0.05) is 42.3 Å². The number of aryl methyl sites for hydroxylation is 1. The minimum Gasteiger partial charge on any atom is -0.496 e. The third-order valence-corrected chi connectivity index (χ3v) is 4.56. The summed E-state index contributed by atoms with van der Waals surface area (Å²) in [6.45, 7) is 3.61. The molecule has 0 unspecified atom stereocenters. The molecule has 0 fully saturated rings. The first-order chi connectivity index (χ1) is 12.7. The van der Waals surface area contributed by atoms with Crippen LogP contribution >= 0.6 is 0 Å². The van der Waals surface area contributed by atoms with E-state index in [2.05, 4.69) is 57.9 Å².